The highest BCUT2D eigenvalue weighted by Gasteiger charge is 2.20. The van der Waals surface area contributed by atoms with Crippen LogP contribution in [0.3, 0.4) is 0 Å². The fraction of sp³-hybridized carbons (Fsp3) is 0.588. The number of nitrogens with one attached hydrogen (secondary N) is 1. The molecule has 1 amide bonds. The van der Waals surface area contributed by atoms with Crippen LogP contribution >= 0.6 is 0 Å². The lowest BCUT2D eigenvalue weighted by Gasteiger charge is -2.26. The summed E-state index contributed by atoms with van der Waals surface area (Å²) in [5.41, 5.74) is 7.07. The molecule has 4 heteroatoms. The van der Waals surface area contributed by atoms with Crippen molar-refractivity contribution in [3.63, 3.8) is 0 Å². The fourth-order valence-electron chi connectivity index (χ4n) is 1.92. The van der Waals surface area contributed by atoms with Crippen molar-refractivity contribution >= 4 is 5.91 Å². The van der Waals surface area contributed by atoms with Crippen molar-refractivity contribution in [1.82, 2.24) is 5.32 Å². The van der Waals surface area contributed by atoms with E-state index in [1.54, 1.807) is 0 Å². The molecule has 0 fully saturated rings. The third kappa shape index (κ3) is 5.76. The van der Waals surface area contributed by atoms with Crippen LogP contribution < -0.4 is 15.8 Å². The summed E-state index contributed by atoms with van der Waals surface area (Å²) in [6.07, 6.45) is 1.67. The third-order valence-corrected chi connectivity index (χ3v) is 3.96. The van der Waals surface area contributed by atoms with Gasteiger partial charge in [0.2, 0.25) is 0 Å². The van der Waals surface area contributed by atoms with E-state index in [1.165, 1.54) is 5.56 Å². The van der Waals surface area contributed by atoms with Gasteiger partial charge in [0.05, 0.1) is 0 Å². The Kier molecular flexibility index (Phi) is 6.69. The molecule has 0 spiro atoms. The lowest BCUT2D eigenvalue weighted by atomic mass is 9.94. The summed E-state index contributed by atoms with van der Waals surface area (Å²) < 4.78 is 5.48. The molecule has 0 saturated carbocycles. The lowest BCUT2D eigenvalue weighted by molar-refractivity contribution is -0.123. The lowest BCUT2D eigenvalue weighted by Crippen LogP contribution is -2.50. The molecule has 1 aromatic carbocycles. The molecule has 0 aliphatic heterocycles. The molecule has 21 heavy (non-hydrogen) atoms. The van der Waals surface area contributed by atoms with Gasteiger partial charge in [-0.2, -0.15) is 0 Å². The highest BCUT2D eigenvalue weighted by molar-refractivity contribution is 5.77. The molecule has 1 aromatic rings. The van der Waals surface area contributed by atoms with Gasteiger partial charge in [-0.05, 0) is 36.5 Å². The van der Waals surface area contributed by atoms with Crippen LogP contribution in [0.5, 0.6) is 5.75 Å². The number of hydrogen-bond acceptors (Lipinski definition) is 3. The number of amides is 1. The SMILES string of the molecule is CCC(N)(CC)CNC(=O)COc1ccc(C(C)C)cc1. The molecular formula is C17H28N2O2. The zero-order chi connectivity index (χ0) is 15.9. The highest BCUT2D eigenvalue weighted by atomic mass is 16.5. The summed E-state index contributed by atoms with van der Waals surface area (Å²) in [5.74, 6) is 1.06. The van der Waals surface area contributed by atoms with Gasteiger partial charge in [-0.3, -0.25) is 4.79 Å². The van der Waals surface area contributed by atoms with E-state index >= 15 is 0 Å². The van der Waals surface area contributed by atoms with Crippen molar-refractivity contribution in [3.05, 3.63) is 29.8 Å². The second-order valence-electron chi connectivity index (χ2n) is 5.86. The van der Waals surface area contributed by atoms with E-state index in [0.29, 0.717) is 18.2 Å². The largest absolute Gasteiger partial charge is 0.484 e. The fourth-order valence-corrected chi connectivity index (χ4v) is 1.92. The molecule has 0 heterocycles. The van der Waals surface area contributed by atoms with Gasteiger partial charge < -0.3 is 15.8 Å². The zero-order valence-electron chi connectivity index (χ0n) is 13.6. The van der Waals surface area contributed by atoms with Crippen molar-refractivity contribution in [3.8, 4) is 5.75 Å². The van der Waals surface area contributed by atoms with Crippen molar-refractivity contribution in [2.24, 2.45) is 5.73 Å². The van der Waals surface area contributed by atoms with Crippen LogP contribution in [0.4, 0.5) is 0 Å². The number of benzene rings is 1. The highest BCUT2D eigenvalue weighted by Crippen LogP contribution is 2.18. The Bertz CT molecular complexity index is 437. The maximum atomic E-state index is 11.8. The maximum Gasteiger partial charge on any atom is 0.258 e. The Morgan fingerprint density at radius 2 is 1.81 bits per heavy atom. The number of carbonyl (C=O) groups excluding carboxylic acids is 1. The summed E-state index contributed by atoms with van der Waals surface area (Å²) >= 11 is 0. The quantitative estimate of drug-likeness (QED) is 0.774. The second-order valence-corrected chi connectivity index (χ2v) is 5.86. The van der Waals surface area contributed by atoms with Crippen molar-refractivity contribution in [2.45, 2.75) is 52.0 Å². The molecule has 0 radical (unpaired) electrons. The monoisotopic (exact) mass is 292 g/mol. The van der Waals surface area contributed by atoms with Gasteiger partial charge in [0.15, 0.2) is 6.61 Å². The van der Waals surface area contributed by atoms with Gasteiger partial charge in [-0.15, -0.1) is 0 Å². The first-order chi connectivity index (χ1) is 9.90. The van der Waals surface area contributed by atoms with E-state index in [1.807, 2.05) is 38.1 Å². The Labute approximate surface area is 128 Å². The van der Waals surface area contributed by atoms with Crippen LogP contribution in [-0.2, 0) is 4.79 Å². The minimum atomic E-state index is -0.325. The number of hydrogen-bond donors (Lipinski definition) is 2. The van der Waals surface area contributed by atoms with E-state index < -0.39 is 0 Å². The van der Waals surface area contributed by atoms with Gasteiger partial charge in [0.1, 0.15) is 5.75 Å². The van der Waals surface area contributed by atoms with Gasteiger partial charge in [0.25, 0.3) is 5.91 Å². The summed E-state index contributed by atoms with van der Waals surface area (Å²) in [6.45, 7) is 8.84. The first-order valence-electron chi connectivity index (χ1n) is 7.68. The topological polar surface area (TPSA) is 64.3 Å². The number of rotatable bonds is 8. The Morgan fingerprint density at radius 1 is 1.24 bits per heavy atom. The molecule has 3 N–H and O–H groups in total. The zero-order valence-corrected chi connectivity index (χ0v) is 13.6. The average molecular weight is 292 g/mol. The van der Waals surface area contributed by atoms with Gasteiger partial charge >= 0.3 is 0 Å². The average Bonchev–Trinajstić information content (AvgIpc) is 2.51. The molecule has 4 nitrogen and oxygen atoms in total. The van der Waals surface area contributed by atoms with Gasteiger partial charge in [0, 0.05) is 12.1 Å². The van der Waals surface area contributed by atoms with Crippen LogP contribution in [0.1, 0.15) is 52.0 Å². The maximum absolute atomic E-state index is 11.8. The number of nitrogens with two attached hydrogens (primary N) is 1. The van der Waals surface area contributed by atoms with E-state index in [4.69, 9.17) is 10.5 Å². The summed E-state index contributed by atoms with van der Waals surface area (Å²) in [4.78, 5) is 11.8. The Morgan fingerprint density at radius 3 is 2.29 bits per heavy atom. The molecule has 1 rings (SSSR count). The van der Waals surface area contributed by atoms with E-state index in [0.717, 1.165) is 12.8 Å². The van der Waals surface area contributed by atoms with E-state index in [-0.39, 0.29) is 18.1 Å². The number of ether oxygens (including phenoxy) is 1. The smallest absolute Gasteiger partial charge is 0.258 e. The number of carbonyl (C=O) groups is 1. The van der Waals surface area contributed by atoms with Gasteiger partial charge in [-0.1, -0.05) is 39.8 Å². The third-order valence-electron chi connectivity index (χ3n) is 3.96. The molecular weight excluding hydrogens is 264 g/mol. The van der Waals surface area contributed by atoms with Crippen LogP contribution in [-0.4, -0.2) is 24.6 Å². The summed E-state index contributed by atoms with van der Waals surface area (Å²) in [7, 11) is 0. The molecule has 118 valence electrons. The van der Waals surface area contributed by atoms with Gasteiger partial charge in [-0.25, -0.2) is 0 Å². The Hall–Kier alpha value is -1.55. The summed E-state index contributed by atoms with van der Waals surface area (Å²) in [6, 6.07) is 7.84. The van der Waals surface area contributed by atoms with Crippen LogP contribution in [0, 0.1) is 0 Å². The molecule has 0 saturated heterocycles. The first-order valence-corrected chi connectivity index (χ1v) is 7.68. The van der Waals surface area contributed by atoms with E-state index in [9.17, 15) is 4.79 Å². The minimum Gasteiger partial charge on any atom is -0.484 e. The normalized spacial score (nSPS) is 11.5. The van der Waals surface area contributed by atoms with Crippen LogP contribution in [0.2, 0.25) is 0 Å². The first kappa shape index (κ1) is 17.5. The molecule has 0 aliphatic carbocycles. The van der Waals surface area contributed by atoms with Crippen molar-refractivity contribution in [1.29, 1.82) is 0 Å². The molecule has 0 bridgehead atoms. The molecule has 0 aliphatic rings. The van der Waals surface area contributed by atoms with Crippen molar-refractivity contribution in [2.75, 3.05) is 13.2 Å². The van der Waals surface area contributed by atoms with Crippen LogP contribution in [0.15, 0.2) is 24.3 Å². The second kappa shape index (κ2) is 8.03. The Balaban J connectivity index is 2.39. The van der Waals surface area contributed by atoms with Crippen molar-refractivity contribution < 1.29 is 9.53 Å². The predicted octanol–water partition coefficient (Wildman–Crippen LogP) is 2.82. The van der Waals surface area contributed by atoms with E-state index in [2.05, 4.69) is 19.2 Å². The molecule has 0 aromatic heterocycles. The molecule has 0 atom stereocenters. The predicted molar refractivity (Wildman–Crippen MR) is 86.5 cm³/mol. The summed E-state index contributed by atoms with van der Waals surface area (Å²) in [5, 5.41) is 2.84. The minimum absolute atomic E-state index is 0.0184. The van der Waals surface area contributed by atoms with Crippen LogP contribution in [0.25, 0.3) is 0 Å². The standard InChI is InChI=1S/C17H28N2O2/c1-5-17(18,6-2)12-19-16(20)11-21-15-9-7-14(8-10-15)13(3)4/h7-10,13H,5-6,11-12,18H2,1-4H3,(H,19,20). The molecule has 0 unspecified atom stereocenters.